The molecule has 14 heavy (non-hydrogen) atoms. The number of halogens is 1. The number of alkyl halides is 1. The molecule has 0 saturated heterocycles. The highest BCUT2D eigenvalue weighted by molar-refractivity contribution is 9.09. The number of rotatable bonds is 4. The van der Waals surface area contributed by atoms with Crippen LogP contribution in [0.2, 0.25) is 0 Å². The van der Waals surface area contributed by atoms with Crippen LogP contribution in [0.5, 0.6) is 0 Å². The standard InChI is InChI=1S/C12H19BrS/c1-8(2)5-6-11(13)12-9(3)7-10(4)14-12/h7-8,11H,5-6H2,1-4H3. The SMILES string of the molecule is Cc1cc(C)c(C(Br)CCC(C)C)s1. The predicted molar refractivity (Wildman–Crippen MR) is 69.5 cm³/mol. The van der Waals surface area contributed by atoms with Crippen molar-refractivity contribution in [1.82, 2.24) is 0 Å². The summed E-state index contributed by atoms with van der Waals surface area (Å²) in [6.45, 7) is 8.96. The van der Waals surface area contributed by atoms with Gasteiger partial charge < -0.3 is 0 Å². The first-order valence-electron chi connectivity index (χ1n) is 5.21. The van der Waals surface area contributed by atoms with Crippen LogP contribution in [0.1, 0.15) is 46.8 Å². The second kappa shape index (κ2) is 5.32. The van der Waals surface area contributed by atoms with Crippen LogP contribution in [-0.4, -0.2) is 0 Å². The molecule has 0 saturated carbocycles. The van der Waals surface area contributed by atoms with Gasteiger partial charge in [0, 0.05) is 14.6 Å². The van der Waals surface area contributed by atoms with Crippen molar-refractivity contribution in [1.29, 1.82) is 0 Å². The third-order valence-electron chi connectivity index (χ3n) is 2.36. The van der Waals surface area contributed by atoms with Crippen LogP contribution in [-0.2, 0) is 0 Å². The zero-order valence-corrected chi connectivity index (χ0v) is 11.8. The number of hydrogen-bond acceptors (Lipinski definition) is 1. The molecule has 1 unspecified atom stereocenters. The molecule has 0 aliphatic rings. The minimum atomic E-state index is 0.559. The molecule has 0 aromatic carbocycles. The van der Waals surface area contributed by atoms with Gasteiger partial charge >= 0.3 is 0 Å². The lowest BCUT2D eigenvalue weighted by Crippen LogP contribution is -1.93. The predicted octanol–water partition coefficient (Wildman–Crippen LogP) is 5.24. The maximum absolute atomic E-state index is 3.79. The van der Waals surface area contributed by atoms with Crippen LogP contribution in [0.4, 0.5) is 0 Å². The van der Waals surface area contributed by atoms with Gasteiger partial charge in [-0.1, -0.05) is 29.8 Å². The lowest BCUT2D eigenvalue weighted by molar-refractivity contribution is 0.555. The minimum absolute atomic E-state index is 0.559. The summed E-state index contributed by atoms with van der Waals surface area (Å²) >= 11 is 5.72. The fraction of sp³-hybridized carbons (Fsp3) is 0.667. The Hall–Kier alpha value is 0.180. The van der Waals surface area contributed by atoms with Crippen LogP contribution >= 0.6 is 27.3 Å². The van der Waals surface area contributed by atoms with Gasteiger partial charge in [0.15, 0.2) is 0 Å². The Labute approximate surface area is 99.9 Å². The Balaban J connectivity index is 2.60. The lowest BCUT2D eigenvalue weighted by atomic mass is 10.0. The Morgan fingerprint density at radius 1 is 1.29 bits per heavy atom. The first-order valence-corrected chi connectivity index (χ1v) is 6.95. The zero-order valence-electron chi connectivity index (χ0n) is 9.43. The molecule has 0 aliphatic heterocycles. The normalized spacial score (nSPS) is 13.6. The van der Waals surface area contributed by atoms with E-state index < -0.39 is 0 Å². The maximum Gasteiger partial charge on any atom is 0.0492 e. The Morgan fingerprint density at radius 3 is 2.36 bits per heavy atom. The van der Waals surface area contributed by atoms with Gasteiger partial charge in [0.1, 0.15) is 0 Å². The van der Waals surface area contributed by atoms with Crippen LogP contribution in [0.3, 0.4) is 0 Å². The van der Waals surface area contributed by atoms with Gasteiger partial charge in [0.2, 0.25) is 0 Å². The smallest absolute Gasteiger partial charge is 0.0492 e. The van der Waals surface area contributed by atoms with Crippen LogP contribution in [0.15, 0.2) is 6.07 Å². The fourth-order valence-corrected chi connectivity index (χ4v) is 3.54. The van der Waals surface area contributed by atoms with Crippen molar-refractivity contribution in [2.24, 2.45) is 5.92 Å². The molecule has 0 nitrogen and oxygen atoms in total. The van der Waals surface area contributed by atoms with Crippen molar-refractivity contribution in [2.45, 2.75) is 45.4 Å². The third-order valence-corrected chi connectivity index (χ3v) is 4.85. The molecule has 2 heteroatoms. The summed E-state index contributed by atoms with van der Waals surface area (Å²) in [6.07, 6.45) is 2.55. The Morgan fingerprint density at radius 2 is 1.93 bits per heavy atom. The first kappa shape index (κ1) is 12.3. The summed E-state index contributed by atoms with van der Waals surface area (Å²) in [6, 6.07) is 2.28. The first-order chi connectivity index (χ1) is 6.50. The summed E-state index contributed by atoms with van der Waals surface area (Å²) in [5.41, 5.74) is 1.44. The number of thiophene rings is 1. The highest BCUT2D eigenvalue weighted by Gasteiger charge is 2.13. The average Bonchev–Trinajstić information content (AvgIpc) is 2.41. The van der Waals surface area contributed by atoms with E-state index in [-0.39, 0.29) is 0 Å². The van der Waals surface area contributed by atoms with Crippen molar-refractivity contribution in [3.8, 4) is 0 Å². The highest BCUT2D eigenvalue weighted by atomic mass is 79.9. The Kier molecular flexibility index (Phi) is 4.65. The molecule has 0 radical (unpaired) electrons. The summed E-state index contributed by atoms with van der Waals surface area (Å²) in [5.74, 6) is 0.802. The molecule has 0 aliphatic carbocycles. The van der Waals surface area contributed by atoms with Crippen LogP contribution in [0.25, 0.3) is 0 Å². The van der Waals surface area contributed by atoms with Gasteiger partial charge in [-0.2, -0.15) is 0 Å². The second-order valence-corrected chi connectivity index (χ2v) is 6.74. The van der Waals surface area contributed by atoms with E-state index in [1.54, 1.807) is 0 Å². The summed E-state index contributed by atoms with van der Waals surface area (Å²) in [7, 11) is 0. The fourth-order valence-electron chi connectivity index (χ4n) is 1.58. The van der Waals surface area contributed by atoms with Gasteiger partial charge in [-0.05, 0) is 44.2 Å². The molecule has 1 rings (SSSR count). The van der Waals surface area contributed by atoms with E-state index in [2.05, 4.69) is 49.7 Å². The second-order valence-electron chi connectivity index (χ2n) is 4.34. The van der Waals surface area contributed by atoms with Gasteiger partial charge in [-0.25, -0.2) is 0 Å². The molecular formula is C12H19BrS. The monoisotopic (exact) mass is 274 g/mol. The molecule has 1 aromatic rings. The van der Waals surface area contributed by atoms with Gasteiger partial charge in [-0.15, -0.1) is 11.3 Å². The summed E-state index contributed by atoms with van der Waals surface area (Å²) < 4.78 is 0. The largest absolute Gasteiger partial charge is 0.144 e. The molecule has 0 bridgehead atoms. The van der Waals surface area contributed by atoms with E-state index in [9.17, 15) is 0 Å². The van der Waals surface area contributed by atoms with Crippen molar-refractivity contribution in [3.63, 3.8) is 0 Å². The van der Waals surface area contributed by atoms with Crippen molar-refractivity contribution in [2.75, 3.05) is 0 Å². The average molecular weight is 275 g/mol. The van der Waals surface area contributed by atoms with E-state index in [0.717, 1.165) is 5.92 Å². The lowest BCUT2D eigenvalue weighted by Gasteiger charge is -2.10. The quantitative estimate of drug-likeness (QED) is 0.659. The van der Waals surface area contributed by atoms with Crippen molar-refractivity contribution in [3.05, 3.63) is 21.4 Å². The van der Waals surface area contributed by atoms with Crippen molar-refractivity contribution < 1.29 is 0 Å². The maximum atomic E-state index is 3.79. The van der Waals surface area contributed by atoms with Gasteiger partial charge in [-0.3, -0.25) is 0 Å². The minimum Gasteiger partial charge on any atom is -0.144 e. The van der Waals surface area contributed by atoms with E-state index in [0.29, 0.717) is 4.83 Å². The van der Waals surface area contributed by atoms with Crippen molar-refractivity contribution >= 4 is 27.3 Å². The molecule has 1 heterocycles. The molecule has 0 spiro atoms. The van der Waals surface area contributed by atoms with E-state index in [1.807, 2.05) is 11.3 Å². The Bertz CT molecular complexity index is 289. The van der Waals surface area contributed by atoms with E-state index in [1.165, 1.54) is 28.2 Å². The van der Waals surface area contributed by atoms with Gasteiger partial charge in [0.25, 0.3) is 0 Å². The molecule has 1 atom stereocenters. The topological polar surface area (TPSA) is 0 Å². The van der Waals surface area contributed by atoms with Gasteiger partial charge in [0.05, 0.1) is 0 Å². The molecular weight excluding hydrogens is 256 g/mol. The summed E-state index contributed by atoms with van der Waals surface area (Å²) in [4.78, 5) is 3.50. The van der Waals surface area contributed by atoms with Crippen LogP contribution < -0.4 is 0 Å². The zero-order chi connectivity index (χ0) is 10.7. The highest BCUT2D eigenvalue weighted by Crippen LogP contribution is 2.36. The molecule has 0 N–H and O–H groups in total. The number of hydrogen-bond donors (Lipinski definition) is 0. The number of aryl methyl sites for hydroxylation is 2. The molecule has 0 amide bonds. The third kappa shape index (κ3) is 3.39. The van der Waals surface area contributed by atoms with E-state index in [4.69, 9.17) is 0 Å². The summed E-state index contributed by atoms with van der Waals surface area (Å²) in [5, 5.41) is 0. The molecule has 80 valence electrons. The van der Waals surface area contributed by atoms with E-state index >= 15 is 0 Å². The van der Waals surface area contributed by atoms with Crippen LogP contribution in [0, 0.1) is 19.8 Å². The molecule has 1 aromatic heterocycles. The molecule has 0 fully saturated rings.